The Labute approximate surface area is 103 Å². The lowest BCUT2D eigenvalue weighted by Crippen LogP contribution is -2.60. The average molecular weight is 251 g/mol. The number of urea groups is 1. The number of aromatic hydroxyl groups is 1. The summed E-state index contributed by atoms with van der Waals surface area (Å²) in [5.41, 5.74) is 8.26. The Morgan fingerprint density at radius 2 is 1.67 bits per heavy atom. The molecule has 1 aromatic rings. The predicted octanol–water partition coefficient (Wildman–Crippen LogP) is -0.670. The van der Waals surface area contributed by atoms with Gasteiger partial charge in [0.25, 0.3) is 5.91 Å². The standard InChI is InChI=1S/C11H13N3O4/c1-6(15)11(9(12)17,14-10(13)18)7-2-4-8(16)5-3-7/h2-5,16H,1H3,(H2,12,17)(H3,13,14,18). The highest BCUT2D eigenvalue weighted by molar-refractivity contribution is 6.11. The first-order chi connectivity index (χ1) is 8.30. The molecule has 0 aliphatic carbocycles. The lowest BCUT2D eigenvalue weighted by Gasteiger charge is -2.28. The first-order valence-corrected chi connectivity index (χ1v) is 4.98. The Bertz CT molecular complexity index is 482. The molecule has 0 saturated carbocycles. The van der Waals surface area contributed by atoms with Gasteiger partial charge in [0.1, 0.15) is 5.75 Å². The van der Waals surface area contributed by atoms with Crippen molar-refractivity contribution in [3.63, 3.8) is 0 Å². The Morgan fingerprint density at radius 3 is 2.00 bits per heavy atom. The number of carbonyl (C=O) groups is 3. The van der Waals surface area contributed by atoms with Crippen LogP contribution < -0.4 is 16.8 Å². The van der Waals surface area contributed by atoms with Crippen molar-refractivity contribution in [2.75, 3.05) is 0 Å². The van der Waals surface area contributed by atoms with Crippen LogP contribution in [-0.4, -0.2) is 22.8 Å². The van der Waals surface area contributed by atoms with E-state index in [-0.39, 0.29) is 11.3 Å². The lowest BCUT2D eigenvalue weighted by molar-refractivity contribution is -0.134. The van der Waals surface area contributed by atoms with Gasteiger partial charge in [-0.2, -0.15) is 0 Å². The number of benzene rings is 1. The minimum atomic E-state index is -2.03. The monoisotopic (exact) mass is 251 g/mol. The number of hydrogen-bond acceptors (Lipinski definition) is 4. The molecule has 96 valence electrons. The van der Waals surface area contributed by atoms with E-state index in [1.807, 2.05) is 0 Å². The first kappa shape index (κ1) is 13.5. The Balaban J connectivity index is 3.43. The van der Waals surface area contributed by atoms with Crippen LogP contribution in [0.4, 0.5) is 4.79 Å². The summed E-state index contributed by atoms with van der Waals surface area (Å²) in [7, 11) is 0. The van der Waals surface area contributed by atoms with Gasteiger partial charge in [0, 0.05) is 0 Å². The molecular formula is C11H13N3O4. The number of nitrogens with one attached hydrogen (secondary N) is 1. The van der Waals surface area contributed by atoms with E-state index < -0.39 is 23.3 Å². The maximum atomic E-state index is 11.7. The van der Waals surface area contributed by atoms with E-state index in [9.17, 15) is 14.4 Å². The normalized spacial score (nSPS) is 13.4. The van der Waals surface area contributed by atoms with Gasteiger partial charge in [-0.3, -0.25) is 9.59 Å². The third-order valence-electron chi connectivity index (χ3n) is 2.51. The van der Waals surface area contributed by atoms with Gasteiger partial charge in [0.05, 0.1) is 0 Å². The minimum absolute atomic E-state index is 0.0558. The number of phenols is 1. The SMILES string of the molecule is CC(=O)C(NC(N)=O)(C(N)=O)c1ccc(O)cc1. The quantitative estimate of drug-likeness (QED) is 0.527. The topological polar surface area (TPSA) is 136 Å². The molecule has 3 amide bonds. The van der Waals surface area contributed by atoms with E-state index in [2.05, 4.69) is 5.32 Å². The number of Topliss-reactive ketones (excluding diaryl/α,β-unsaturated/α-hetero) is 1. The Morgan fingerprint density at radius 1 is 1.17 bits per heavy atom. The van der Waals surface area contributed by atoms with Crippen LogP contribution in [0, 0.1) is 0 Å². The van der Waals surface area contributed by atoms with Crippen molar-refractivity contribution in [2.45, 2.75) is 12.5 Å². The summed E-state index contributed by atoms with van der Waals surface area (Å²) >= 11 is 0. The number of primary amides is 2. The molecule has 7 heteroatoms. The van der Waals surface area contributed by atoms with Crippen molar-refractivity contribution in [1.29, 1.82) is 0 Å². The second-order valence-electron chi connectivity index (χ2n) is 3.71. The summed E-state index contributed by atoms with van der Waals surface area (Å²) in [4.78, 5) is 34.2. The van der Waals surface area contributed by atoms with Gasteiger partial charge in [-0.25, -0.2) is 4.79 Å². The number of ketones is 1. The fourth-order valence-electron chi connectivity index (χ4n) is 1.64. The van der Waals surface area contributed by atoms with Crippen LogP contribution in [0.1, 0.15) is 12.5 Å². The predicted molar refractivity (Wildman–Crippen MR) is 62.4 cm³/mol. The second-order valence-corrected chi connectivity index (χ2v) is 3.71. The number of nitrogens with two attached hydrogens (primary N) is 2. The molecule has 0 saturated heterocycles. The van der Waals surface area contributed by atoms with Crippen LogP contribution >= 0.6 is 0 Å². The smallest absolute Gasteiger partial charge is 0.313 e. The molecule has 0 aromatic heterocycles. The van der Waals surface area contributed by atoms with Gasteiger partial charge in [-0.05, 0) is 24.6 Å². The molecule has 0 aliphatic heterocycles. The summed E-state index contributed by atoms with van der Waals surface area (Å²) < 4.78 is 0. The Kier molecular flexibility index (Phi) is 3.55. The number of carbonyl (C=O) groups excluding carboxylic acids is 3. The molecule has 0 fully saturated rings. The third kappa shape index (κ3) is 2.24. The minimum Gasteiger partial charge on any atom is -0.508 e. The summed E-state index contributed by atoms with van der Waals surface area (Å²) in [6.07, 6.45) is 0. The molecule has 0 aliphatic rings. The first-order valence-electron chi connectivity index (χ1n) is 4.98. The summed E-state index contributed by atoms with van der Waals surface area (Å²) in [6, 6.07) is 4.07. The van der Waals surface area contributed by atoms with E-state index in [4.69, 9.17) is 16.6 Å². The molecule has 0 heterocycles. The van der Waals surface area contributed by atoms with Crippen molar-refractivity contribution < 1.29 is 19.5 Å². The second kappa shape index (κ2) is 4.74. The van der Waals surface area contributed by atoms with E-state index in [0.717, 1.165) is 6.92 Å². The van der Waals surface area contributed by atoms with Crippen LogP contribution in [0.2, 0.25) is 0 Å². The summed E-state index contributed by atoms with van der Waals surface area (Å²) in [5, 5.41) is 11.2. The summed E-state index contributed by atoms with van der Waals surface area (Å²) in [6.45, 7) is 1.10. The molecule has 1 rings (SSSR count). The van der Waals surface area contributed by atoms with Crippen molar-refractivity contribution >= 4 is 17.7 Å². The van der Waals surface area contributed by atoms with Gasteiger partial charge < -0.3 is 21.9 Å². The zero-order chi connectivity index (χ0) is 13.9. The van der Waals surface area contributed by atoms with Gasteiger partial charge in [-0.1, -0.05) is 12.1 Å². The summed E-state index contributed by atoms with van der Waals surface area (Å²) in [5.74, 6) is -1.79. The van der Waals surface area contributed by atoms with Gasteiger partial charge in [0.15, 0.2) is 5.78 Å². The molecule has 0 spiro atoms. The molecule has 6 N–H and O–H groups in total. The van der Waals surface area contributed by atoms with E-state index >= 15 is 0 Å². The fraction of sp³-hybridized carbons (Fsp3) is 0.182. The van der Waals surface area contributed by atoms with Gasteiger partial charge >= 0.3 is 6.03 Å². The van der Waals surface area contributed by atoms with Crippen LogP contribution in [0.3, 0.4) is 0 Å². The maximum absolute atomic E-state index is 11.7. The van der Waals surface area contributed by atoms with Gasteiger partial charge in [0.2, 0.25) is 5.54 Å². The fourth-order valence-corrected chi connectivity index (χ4v) is 1.64. The molecule has 1 atom stereocenters. The zero-order valence-corrected chi connectivity index (χ0v) is 9.64. The van der Waals surface area contributed by atoms with E-state index in [1.54, 1.807) is 0 Å². The molecule has 0 radical (unpaired) electrons. The van der Waals surface area contributed by atoms with Crippen LogP contribution in [-0.2, 0) is 15.1 Å². The third-order valence-corrected chi connectivity index (χ3v) is 2.51. The van der Waals surface area contributed by atoms with Gasteiger partial charge in [-0.15, -0.1) is 0 Å². The molecule has 18 heavy (non-hydrogen) atoms. The molecule has 1 aromatic carbocycles. The lowest BCUT2D eigenvalue weighted by atomic mass is 9.85. The van der Waals surface area contributed by atoms with Crippen molar-refractivity contribution in [3.8, 4) is 5.75 Å². The van der Waals surface area contributed by atoms with E-state index in [1.165, 1.54) is 24.3 Å². The van der Waals surface area contributed by atoms with Crippen molar-refractivity contribution in [3.05, 3.63) is 29.8 Å². The largest absolute Gasteiger partial charge is 0.508 e. The number of phenolic OH excluding ortho intramolecular Hbond substituents is 1. The molecule has 7 nitrogen and oxygen atoms in total. The maximum Gasteiger partial charge on any atom is 0.313 e. The molecule has 0 bridgehead atoms. The number of amides is 3. The Hall–Kier alpha value is -2.57. The highest BCUT2D eigenvalue weighted by Gasteiger charge is 2.44. The molecule has 1 unspecified atom stereocenters. The van der Waals surface area contributed by atoms with Crippen LogP contribution in [0.25, 0.3) is 0 Å². The van der Waals surface area contributed by atoms with Crippen LogP contribution in [0.15, 0.2) is 24.3 Å². The van der Waals surface area contributed by atoms with Crippen molar-refractivity contribution in [1.82, 2.24) is 5.32 Å². The highest BCUT2D eigenvalue weighted by Crippen LogP contribution is 2.24. The average Bonchev–Trinajstić information content (AvgIpc) is 2.26. The number of rotatable bonds is 4. The molecular weight excluding hydrogens is 238 g/mol. The van der Waals surface area contributed by atoms with Crippen LogP contribution in [0.5, 0.6) is 5.75 Å². The zero-order valence-electron chi connectivity index (χ0n) is 9.64. The van der Waals surface area contributed by atoms with E-state index in [0.29, 0.717) is 0 Å². The van der Waals surface area contributed by atoms with Crippen molar-refractivity contribution in [2.24, 2.45) is 11.5 Å². The number of hydrogen-bond donors (Lipinski definition) is 4. The highest BCUT2D eigenvalue weighted by atomic mass is 16.3.